The highest BCUT2D eigenvalue weighted by Crippen LogP contribution is 2.38. The predicted octanol–water partition coefficient (Wildman–Crippen LogP) is 3.62. The Hall–Kier alpha value is -4.36. The molecule has 210 valence electrons. The second-order valence-electron chi connectivity index (χ2n) is 8.29. The third-order valence-electron chi connectivity index (χ3n) is 5.64. The first-order valence-electron chi connectivity index (χ1n) is 11.9. The lowest BCUT2D eigenvalue weighted by Crippen LogP contribution is -2.50. The van der Waals surface area contributed by atoms with Crippen molar-refractivity contribution in [2.24, 2.45) is 0 Å². The van der Waals surface area contributed by atoms with Crippen LogP contribution in [0.2, 0.25) is 0 Å². The molecular weight excluding hydrogens is 526 g/mol. The summed E-state index contributed by atoms with van der Waals surface area (Å²) < 4.78 is 65.1. The fraction of sp³-hybridized carbons (Fsp3) is 0.360. The Bertz CT molecular complexity index is 1360. The second-order valence-corrected chi connectivity index (χ2v) is 8.29. The van der Waals surface area contributed by atoms with Crippen LogP contribution in [0.4, 0.5) is 23.2 Å². The number of fused-ring (bicyclic) bond motifs is 3. The summed E-state index contributed by atoms with van der Waals surface area (Å²) in [5, 5.41) is 5.34. The van der Waals surface area contributed by atoms with E-state index in [4.69, 9.17) is 9.15 Å². The summed E-state index contributed by atoms with van der Waals surface area (Å²) in [5.41, 5.74) is -1.18. The molecule has 3 amide bonds. The number of likely N-dealkylation sites (N-methyl/N-ethyl adjacent to an activating group) is 1. The summed E-state index contributed by atoms with van der Waals surface area (Å²) in [7, 11) is 2.96. The molecule has 3 heterocycles. The molecule has 0 saturated carbocycles. The Morgan fingerprint density at radius 1 is 1.28 bits per heavy atom. The Kier molecular flexibility index (Phi) is 8.99. The third-order valence-corrected chi connectivity index (χ3v) is 5.64. The first kappa shape index (κ1) is 29.2. The summed E-state index contributed by atoms with van der Waals surface area (Å²) in [5.74, 6) is -2.56. The van der Waals surface area contributed by atoms with Crippen LogP contribution >= 0.6 is 0 Å². The van der Waals surface area contributed by atoms with Crippen molar-refractivity contribution in [1.82, 2.24) is 20.1 Å². The lowest BCUT2D eigenvalue weighted by molar-refractivity contribution is -0.137. The molecule has 2 aromatic heterocycles. The molecule has 0 aliphatic carbocycles. The standard InChI is InChI=1S/C23H21F4N5O5.C2H6/c1-31(2)18(34)9-32-17(30-15-5-3-4-14(24)13(15)8-28-11-33)10-36-20-19-16(37-21(20)22(32)35)6-12(7-29-19)23(25,26)27;1-2/h3-7,11,17,30H,8-10H2,1-2H3,(H,28,33);1-2H3/t17-;/m0./s1. The number of alkyl halides is 3. The maximum Gasteiger partial charge on any atom is 0.418 e. The molecule has 10 nitrogen and oxygen atoms in total. The van der Waals surface area contributed by atoms with Gasteiger partial charge < -0.3 is 29.6 Å². The molecule has 0 unspecified atom stereocenters. The number of pyridine rings is 1. The van der Waals surface area contributed by atoms with Crippen molar-refractivity contribution in [3.8, 4) is 5.75 Å². The van der Waals surface area contributed by atoms with E-state index in [1.165, 1.54) is 37.2 Å². The lowest BCUT2D eigenvalue weighted by atomic mass is 10.1. The van der Waals surface area contributed by atoms with Crippen molar-refractivity contribution in [2.75, 3.05) is 32.6 Å². The highest BCUT2D eigenvalue weighted by atomic mass is 19.4. The largest absolute Gasteiger partial charge is 0.483 e. The molecule has 1 atom stereocenters. The zero-order chi connectivity index (χ0) is 28.9. The van der Waals surface area contributed by atoms with Gasteiger partial charge >= 0.3 is 6.18 Å². The predicted molar refractivity (Wildman–Crippen MR) is 132 cm³/mol. The first-order chi connectivity index (χ1) is 18.5. The minimum atomic E-state index is -4.68. The third kappa shape index (κ3) is 6.21. The minimum Gasteiger partial charge on any atom is -0.483 e. The molecule has 14 heteroatoms. The number of anilines is 1. The fourth-order valence-electron chi connectivity index (χ4n) is 3.70. The molecule has 1 aliphatic heterocycles. The van der Waals surface area contributed by atoms with E-state index >= 15 is 0 Å². The van der Waals surface area contributed by atoms with E-state index in [0.29, 0.717) is 18.7 Å². The van der Waals surface area contributed by atoms with E-state index in [1.807, 2.05) is 13.8 Å². The highest BCUT2D eigenvalue weighted by Gasteiger charge is 2.39. The van der Waals surface area contributed by atoms with Gasteiger partial charge in [0.05, 0.1) is 5.56 Å². The monoisotopic (exact) mass is 553 g/mol. The van der Waals surface area contributed by atoms with E-state index in [-0.39, 0.29) is 41.3 Å². The molecule has 3 aromatic rings. The Balaban J connectivity index is 0.00000205. The van der Waals surface area contributed by atoms with Crippen molar-refractivity contribution >= 4 is 35.0 Å². The number of ether oxygens (including phenoxy) is 1. The molecular formula is C25H27F4N5O5. The van der Waals surface area contributed by atoms with E-state index in [9.17, 15) is 31.9 Å². The molecule has 39 heavy (non-hydrogen) atoms. The van der Waals surface area contributed by atoms with Crippen LogP contribution < -0.4 is 15.4 Å². The number of nitrogens with one attached hydrogen (secondary N) is 2. The molecule has 2 N–H and O–H groups in total. The van der Waals surface area contributed by atoms with Crippen molar-refractivity contribution in [3.63, 3.8) is 0 Å². The molecule has 1 aromatic carbocycles. The summed E-state index contributed by atoms with van der Waals surface area (Å²) in [6.45, 7) is 3.09. The topological polar surface area (TPSA) is 117 Å². The van der Waals surface area contributed by atoms with Crippen LogP contribution in [0.15, 0.2) is 34.9 Å². The molecule has 0 fully saturated rings. The van der Waals surface area contributed by atoms with Crippen LogP contribution in [-0.4, -0.2) is 66.4 Å². The molecule has 0 spiro atoms. The Morgan fingerprint density at radius 2 is 2.00 bits per heavy atom. The molecule has 4 rings (SSSR count). The van der Waals surface area contributed by atoms with Gasteiger partial charge in [0.25, 0.3) is 5.91 Å². The smallest absolute Gasteiger partial charge is 0.418 e. The maximum absolute atomic E-state index is 14.5. The zero-order valence-corrected chi connectivity index (χ0v) is 21.6. The van der Waals surface area contributed by atoms with Crippen LogP contribution in [0.5, 0.6) is 5.75 Å². The van der Waals surface area contributed by atoms with Gasteiger partial charge in [-0.1, -0.05) is 19.9 Å². The zero-order valence-electron chi connectivity index (χ0n) is 21.6. The number of amides is 3. The van der Waals surface area contributed by atoms with Gasteiger partial charge in [-0.05, 0) is 18.2 Å². The van der Waals surface area contributed by atoms with Gasteiger partial charge in [0.2, 0.25) is 18.1 Å². The Morgan fingerprint density at radius 3 is 2.64 bits per heavy atom. The van der Waals surface area contributed by atoms with E-state index in [0.717, 1.165) is 4.90 Å². The highest BCUT2D eigenvalue weighted by molar-refractivity contribution is 6.02. The number of nitrogens with zero attached hydrogens (tertiary/aromatic N) is 3. The Labute approximate surface area is 220 Å². The maximum atomic E-state index is 14.5. The van der Waals surface area contributed by atoms with Gasteiger partial charge in [0.15, 0.2) is 16.8 Å². The molecule has 0 saturated heterocycles. The van der Waals surface area contributed by atoms with Crippen molar-refractivity contribution < 1.29 is 41.1 Å². The minimum absolute atomic E-state index is 0.0913. The van der Waals surface area contributed by atoms with Gasteiger partial charge in [-0.15, -0.1) is 0 Å². The van der Waals surface area contributed by atoms with Gasteiger partial charge in [0.1, 0.15) is 25.1 Å². The number of furan rings is 1. The second kappa shape index (κ2) is 12.0. The number of hydrogen-bond acceptors (Lipinski definition) is 7. The average molecular weight is 554 g/mol. The number of aromatic nitrogens is 1. The van der Waals surface area contributed by atoms with E-state index < -0.39 is 47.8 Å². The number of carbonyl (C=O) groups is 3. The van der Waals surface area contributed by atoms with Crippen LogP contribution in [0.3, 0.4) is 0 Å². The van der Waals surface area contributed by atoms with E-state index in [2.05, 4.69) is 15.6 Å². The summed E-state index contributed by atoms with van der Waals surface area (Å²) in [6, 6.07) is 4.82. The van der Waals surface area contributed by atoms with Gasteiger partial charge in [0, 0.05) is 38.1 Å². The van der Waals surface area contributed by atoms with E-state index in [1.54, 1.807) is 0 Å². The number of halogens is 4. The first-order valence-corrected chi connectivity index (χ1v) is 11.9. The van der Waals surface area contributed by atoms with Crippen LogP contribution in [0.25, 0.3) is 11.1 Å². The fourth-order valence-corrected chi connectivity index (χ4v) is 3.70. The van der Waals surface area contributed by atoms with Crippen molar-refractivity contribution in [1.29, 1.82) is 0 Å². The van der Waals surface area contributed by atoms with Crippen molar-refractivity contribution in [2.45, 2.75) is 32.7 Å². The molecule has 0 radical (unpaired) electrons. The normalized spacial score (nSPS) is 14.9. The number of benzene rings is 1. The lowest BCUT2D eigenvalue weighted by Gasteiger charge is -2.31. The number of carbonyl (C=O) groups excluding carboxylic acids is 3. The average Bonchev–Trinajstić information content (AvgIpc) is 3.21. The number of hydrogen-bond donors (Lipinski definition) is 2. The van der Waals surface area contributed by atoms with Crippen molar-refractivity contribution in [3.05, 3.63) is 53.2 Å². The van der Waals surface area contributed by atoms with Crippen LogP contribution in [-0.2, 0) is 22.3 Å². The van der Waals surface area contributed by atoms with Gasteiger partial charge in [-0.2, -0.15) is 13.2 Å². The van der Waals surface area contributed by atoms with Gasteiger partial charge in [-0.25, -0.2) is 9.37 Å². The van der Waals surface area contributed by atoms with Crippen LogP contribution in [0, 0.1) is 5.82 Å². The molecule has 1 aliphatic rings. The number of rotatable bonds is 7. The SMILES string of the molecule is CC.CN(C)C(=O)CN1C(=O)c2oc3cc(C(F)(F)F)cnc3c2OC[C@H]1Nc1cccc(F)c1CNC=O. The molecule has 0 bridgehead atoms. The summed E-state index contributed by atoms with van der Waals surface area (Å²) in [6.07, 6.45) is -4.73. The quantitative estimate of drug-likeness (QED) is 0.339. The van der Waals surface area contributed by atoms with Crippen LogP contribution in [0.1, 0.15) is 35.5 Å². The van der Waals surface area contributed by atoms with Gasteiger partial charge in [-0.3, -0.25) is 14.4 Å². The summed E-state index contributed by atoms with van der Waals surface area (Å²) in [4.78, 5) is 42.9. The summed E-state index contributed by atoms with van der Waals surface area (Å²) >= 11 is 0.